The Labute approximate surface area is 144 Å². The van der Waals surface area contributed by atoms with E-state index in [1.165, 1.54) is 6.07 Å². The highest BCUT2D eigenvalue weighted by atomic mass is 32.2. The summed E-state index contributed by atoms with van der Waals surface area (Å²) in [6.45, 7) is 0.557. The molecular formula is C19H19FN2OS. The normalized spacial score (nSPS) is 10.9. The summed E-state index contributed by atoms with van der Waals surface area (Å²) in [5.41, 5.74) is 2.42. The van der Waals surface area contributed by atoms with E-state index in [1.54, 1.807) is 23.9 Å². The van der Waals surface area contributed by atoms with Gasteiger partial charge in [-0.15, -0.1) is 0 Å². The molecule has 0 spiro atoms. The number of carbonyl (C=O) groups excluding carboxylic acids is 1. The van der Waals surface area contributed by atoms with Gasteiger partial charge in [0.15, 0.2) is 0 Å². The molecule has 0 saturated carbocycles. The lowest BCUT2D eigenvalue weighted by molar-refractivity contribution is 0.0957. The van der Waals surface area contributed by atoms with E-state index in [0.29, 0.717) is 23.4 Å². The Morgan fingerprint density at radius 2 is 1.92 bits per heavy atom. The molecule has 24 heavy (non-hydrogen) atoms. The Balaban J connectivity index is 1.51. The van der Waals surface area contributed by atoms with Crippen molar-refractivity contribution in [1.82, 2.24) is 9.88 Å². The van der Waals surface area contributed by atoms with Crippen molar-refractivity contribution >= 4 is 28.6 Å². The smallest absolute Gasteiger partial charge is 0.253 e. The Morgan fingerprint density at radius 3 is 2.75 bits per heavy atom. The third kappa shape index (κ3) is 3.62. The zero-order valence-electron chi connectivity index (χ0n) is 13.5. The second kappa shape index (κ2) is 7.53. The molecule has 1 N–H and O–H groups in total. The third-order valence-electron chi connectivity index (χ3n) is 3.89. The molecule has 0 unspecified atom stereocenters. The van der Waals surface area contributed by atoms with Crippen molar-refractivity contribution in [1.29, 1.82) is 0 Å². The predicted octanol–water partition coefficient (Wildman–Crippen LogP) is 3.98. The van der Waals surface area contributed by atoms with Crippen LogP contribution >= 0.6 is 11.8 Å². The van der Waals surface area contributed by atoms with Crippen molar-refractivity contribution in [3.63, 3.8) is 0 Å². The van der Waals surface area contributed by atoms with Gasteiger partial charge < -0.3 is 9.88 Å². The molecule has 5 heteroatoms. The molecule has 0 aliphatic carbocycles. The van der Waals surface area contributed by atoms with E-state index in [2.05, 4.69) is 5.32 Å². The summed E-state index contributed by atoms with van der Waals surface area (Å²) in [6, 6.07) is 14.6. The first-order valence-corrected chi connectivity index (χ1v) is 8.95. The molecule has 0 atom stereocenters. The van der Waals surface area contributed by atoms with Gasteiger partial charge in [-0.1, -0.05) is 36.4 Å². The minimum Gasteiger partial charge on any atom is -0.351 e. The SMILES string of the molecule is Cn1cc(C(=O)NCCSCc2ccccc2F)c2ccccc21. The third-order valence-corrected chi connectivity index (χ3v) is 4.90. The number of benzene rings is 2. The molecule has 0 aliphatic heterocycles. The minimum atomic E-state index is -0.176. The van der Waals surface area contributed by atoms with Gasteiger partial charge in [0.25, 0.3) is 5.91 Å². The number of carbonyl (C=O) groups is 1. The van der Waals surface area contributed by atoms with E-state index >= 15 is 0 Å². The van der Waals surface area contributed by atoms with E-state index in [-0.39, 0.29) is 11.7 Å². The lowest BCUT2D eigenvalue weighted by atomic mass is 10.1. The first kappa shape index (κ1) is 16.6. The van der Waals surface area contributed by atoms with Gasteiger partial charge in [-0.3, -0.25) is 4.79 Å². The van der Waals surface area contributed by atoms with Gasteiger partial charge in [-0.2, -0.15) is 11.8 Å². The Hall–Kier alpha value is -2.27. The number of aryl methyl sites for hydroxylation is 1. The quantitative estimate of drug-likeness (QED) is 0.688. The van der Waals surface area contributed by atoms with E-state index in [0.717, 1.165) is 16.7 Å². The fourth-order valence-electron chi connectivity index (χ4n) is 2.65. The Kier molecular flexibility index (Phi) is 5.20. The second-order valence-corrected chi connectivity index (χ2v) is 6.68. The number of halogens is 1. The van der Waals surface area contributed by atoms with Crippen LogP contribution in [0, 0.1) is 5.82 Å². The highest BCUT2D eigenvalue weighted by molar-refractivity contribution is 7.98. The Bertz CT molecular complexity index is 859. The largest absolute Gasteiger partial charge is 0.351 e. The molecular weight excluding hydrogens is 323 g/mol. The van der Waals surface area contributed by atoms with Crippen LogP contribution in [0.1, 0.15) is 15.9 Å². The van der Waals surface area contributed by atoms with Crippen molar-refractivity contribution in [2.24, 2.45) is 7.05 Å². The van der Waals surface area contributed by atoms with Crippen molar-refractivity contribution < 1.29 is 9.18 Å². The fourth-order valence-corrected chi connectivity index (χ4v) is 3.50. The summed E-state index contributed by atoms with van der Waals surface area (Å²) >= 11 is 1.61. The molecule has 3 aromatic rings. The van der Waals surface area contributed by atoms with Gasteiger partial charge in [-0.25, -0.2) is 4.39 Å². The van der Waals surface area contributed by atoms with E-state index < -0.39 is 0 Å². The number of rotatable bonds is 6. The van der Waals surface area contributed by atoms with E-state index in [9.17, 15) is 9.18 Å². The number of amides is 1. The average Bonchev–Trinajstić information content (AvgIpc) is 2.93. The molecule has 1 amide bonds. The van der Waals surface area contributed by atoms with Gasteiger partial charge in [0.05, 0.1) is 5.56 Å². The lowest BCUT2D eigenvalue weighted by Crippen LogP contribution is -2.25. The van der Waals surface area contributed by atoms with Gasteiger partial charge >= 0.3 is 0 Å². The fraction of sp³-hybridized carbons (Fsp3) is 0.211. The second-order valence-electron chi connectivity index (χ2n) is 5.57. The van der Waals surface area contributed by atoms with Gasteiger partial charge in [0.1, 0.15) is 5.82 Å². The van der Waals surface area contributed by atoms with Crippen LogP contribution < -0.4 is 5.32 Å². The number of hydrogen-bond donors (Lipinski definition) is 1. The molecule has 3 rings (SSSR count). The topological polar surface area (TPSA) is 34.0 Å². The standard InChI is InChI=1S/C19H19FN2OS/c1-22-12-16(15-7-3-5-9-18(15)22)19(23)21-10-11-24-13-14-6-2-4-8-17(14)20/h2-9,12H,10-11,13H2,1H3,(H,21,23). The van der Waals surface area contributed by atoms with E-state index in [4.69, 9.17) is 0 Å². The van der Waals surface area contributed by atoms with Crippen LogP contribution in [0.2, 0.25) is 0 Å². The van der Waals surface area contributed by atoms with Crippen molar-refractivity contribution in [2.45, 2.75) is 5.75 Å². The minimum absolute atomic E-state index is 0.0710. The average molecular weight is 342 g/mol. The zero-order chi connectivity index (χ0) is 16.9. The number of nitrogens with one attached hydrogen (secondary N) is 1. The summed E-state index contributed by atoms with van der Waals surface area (Å²) in [4.78, 5) is 12.4. The Morgan fingerprint density at radius 1 is 1.17 bits per heavy atom. The van der Waals surface area contributed by atoms with Gasteiger partial charge in [0.2, 0.25) is 0 Å². The first-order valence-electron chi connectivity index (χ1n) is 7.80. The number of fused-ring (bicyclic) bond motifs is 1. The lowest BCUT2D eigenvalue weighted by Gasteiger charge is -2.05. The van der Waals surface area contributed by atoms with Crippen LogP contribution in [0.15, 0.2) is 54.7 Å². The predicted molar refractivity (Wildman–Crippen MR) is 97.8 cm³/mol. The molecule has 0 saturated heterocycles. The molecule has 124 valence electrons. The molecule has 3 nitrogen and oxygen atoms in total. The van der Waals surface area contributed by atoms with Gasteiger partial charge in [-0.05, 0) is 17.7 Å². The summed E-state index contributed by atoms with van der Waals surface area (Å²) in [6.07, 6.45) is 1.85. The molecule has 0 fully saturated rings. The van der Waals surface area contributed by atoms with Crippen LogP contribution in [-0.2, 0) is 12.8 Å². The number of aromatic nitrogens is 1. The maximum Gasteiger partial charge on any atom is 0.253 e. The number of nitrogens with zero attached hydrogens (tertiary/aromatic N) is 1. The van der Waals surface area contributed by atoms with Gasteiger partial charge in [0, 0.05) is 42.2 Å². The highest BCUT2D eigenvalue weighted by Gasteiger charge is 2.12. The number of thioether (sulfide) groups is 1. The maximum absolute atomic E-state index is 13.5. The van der Waals surface area contributed by atoms with Crippen molar-refractivity contribution in [3.8, 4) is 0 Å². The van der Waals surface area contributed by atoms with E-state index in [1.807, 2.05) is 48.1 Å². The molecule has 1 aromatic heterocycles. The number of hydrogen-bond acceptors (Lipinski definition) is 2. The van der Waals surface area contributed by atoms with Crippen LogP contribution in [0.25, 0.3) is 10.9 Å². The molecule has 0 aliphatic rings. The monoisotopic (exact) mass is 342 g/mol. The van der Waals surface area contributed by atoms with Crippen LogP contribution in [-0.4, -0.2) is 22.8 Å². The summed E-state index contributed by atoms with van der Waals surface area (Å²) in [5.74, 6) is 1.10. The van der Waals surface area contributed by atoms with Crippen LogP contribution in [0.3, 0.4) is 0 Å². The summed E-state index contributed by atoms with van der Waals surface area (Å²) < 4.78 is 15.5. The number of para-hydroxylation sites is 1. The zero-order valence-corrected chi connectivity index (χ0v) is 14.3. The summed E-state index contributed by atoms with van der Waals surface area (Å²) in [7, 11) is 1.93. The van der Waals surface area contributed by atoms with Crippen LogP contribution in [0.5, 0.6) is 0 Å². The first-order chi connectivity index (χ1) is 11.7. The van der Waals surface area contributed by atoms with Crippen molar-refractivity contribution in [3.05, 3.63) is 71.7 Å². The molecule has 2 aromatic carbocycles. The van der Waals surface area contributed by atoms with Crippen molar-refractivity contribution in [2.75, 3.05) is 12.3 Å². The summed E-state index contributed by atoms with van der Waals surface area (Å²) in [5, 5.41) is 3.89. The van der Waals surface area contributed by atoms with Crippen LogP contribution in [0.4, 0.5) is 4.39 Å². The molecule has 0 bridgehead atoms. The maximum atomic E-state index is 13.5. The molecule has 0 radical (unpaired) electrons. The molecule has 1 heterocycles. The highest BCUT2D eigenvalue weighted by Crippen LogP contribution is 2.20.